The molecular formula is C21H45NO3. The maximum atomic E-state index is 5.77. The van der Waals surface area contributed by atoms with Crippen LogP contribution in [0.5, 0.6) is 0 Å². The van der Waals surface area contributed by atoms with Crippen LogP contribution >= 0.6 is 0 Å². The molecule has 0 atom stereocenters. The molecule has 0 amide bonds. The van der Waals surface area contributed by atoms with Crippen molar-refractivity contribution in [2.75, 3.05) is 40.5 Å². The molecule has 0 aromatic carbocycles. The molecule has 0 spiro atoms. The first-order valence-electron chi connectivity index (χ1n) is 10.7. The molecule has 4 heteroatoms. The molecule has 152 valence electrons. The Bertz CT molecular complexity index is 255. The molecule has 0 fully saturated rings. The zero-order chi connectivity index (χ0) is 18.8. The van der Waals surface area contributed by atoms with Gasteiger partial charge in [0.2, 0.25) is 0 Å². The third kappa shape index (κ3) is 14.7. The summed E-state index contributed by atoms with van der Waals surface area (Å²) < 4.78 is 17.3. The Morgan fingerprint density at radius 2 is 0.920 bits per heavy atom. The summed E-state index contributed by atoms with van der Waals surface area (Å²) in [5.41, 5.74) is 0. The molecule has 0 N–H and O–H groups in total. The Morgan fingerprint density at radius 3 is 1.28 bits per heavy atom. The summed E-state index contributed by atoms with van der Waals surface area (Å²) in [4.78, 5) is 2.28. The van der Waals surface area contributed by atoms with Gasteiger partial charge in [-0.3, -0.25) is 0 Å². The lowest BCUT2D eigenvalue weighted by atomic mass is 10.1. The monoisotopic (exact) mass is 359 g/mol. The van der Waals surface area contributed by atoms with Crippen molar-refractivity contribution in [1.82, 2.24) is 4.90 Å². The first kappa shape index (κ1) is 24.8. The normalized spacial score (nSPS) is 12.2. The molecule has 0 aliphatic carbocycles. The Labute approximate surface area is 157 Å². The molecule has 25 heavy (non-hydrogen) atoms. The summed E-state index contributed by atoms with van der Waals surface area (Å²) in [6.07, 6.45) is 14.1. The summed E-state index contributed by atoms with van der Waals surface area (Å²) in [7, 11) is 4.31. The van der Waals surface area contributed by atoms with Gasteiger partial charge in [0.15, 0.2) is 0 Å². The van der Waals surface area contributed by atoms with E-state index in [9.17, 15) is 0 Å². The van der Waals surface area contributed by atoms with Crippen LogP contribution in [0.25, 0.3) is 0 Å². The fourth-order valence-electron chi connectivity index (χ4n) is 3.18. The maximum Gasteiger partial charge on any atom is 0.282 e. The molecule has 0 aliphatic rings. The van der Waals surface area contributed by atoms with E-state index in [-0.39, 0.29) is 0 Å². The molecule has 0 saturated heterocycles. The van der Waals surface area contributed by atoms with Crippen LogP contribution in [0.2, 0.25) is 0 Å². The molecule has 0 radical (unpaired) electrons. The SMILES string of the molecule is CCOC(CCCCCCCCCCCCN(C)C)(OCC)OCC. The minimum atomic E-state index is -0.815. The molecule has 0 unspecified atom stereocenters. The maximum absolute atomic E-state index is 5.77. The van der Waals surface area contributed by atoms with Gasteiger partial charge in [-0.1, -0.05) is 51.4 Å². The van der Waals surface area contributed by atoms with Gasteiger partial charge in [0.25, 0.3) is 5.97 Å². The van der Waals surface area contributed by atoms with E-state index in [1.54, 1.807) is 0 Å². The second-order valence-electron chi connectivity index (χ2n) is 7.07. The predicted molar refractivity (Wildman–Crippen MR) is 107 cm³/mol. The average molecular weight is 360 g/mol. The molecule has 0 saturated carbocycles. The van der Waals surface area contributed by atoms with Crippen molar-refractivity contribution in [2.45, 2.75) is 97.4 Å². The topological polar surface area (TPSA) is 30.9 Å². The fourth-order valence-corrected chi connectivity index (χ4v) is 3.18. The van der Waals surface area contributed by atoms with Crippen LogP contribution in [0.15, 0.2) is 0 Å². The summed E-state index contributed by atoms with van der Waals surface area (Å²) >= 11 is 0. The van der Waals surface area contributed by atoms with Crippen molar-refractivity contribution in [3.8, 4) is 0 Å². The lowest BCUT2D eigenvalue weighted by Gasteiger charge is -2.32. The molecule has 4 nitrogen and oxygen atoms in total. The predicted octanol–water partition coefficient (Wildman–Crippen LogP) is 5.60. The van der Waals surface area contributed by atoms with E-state index in [2.05, 4.69) is 19.0 Å². The van der Waals surface area contributed by atoms with Gasteiger partial charge < -0.3 is 19.1 Å². The van der Waals surface area contributed by atoms with Gasteiger partial charge in [0, 0.05) is 26.2 Å². The number of rotatable bonds is 19. The van der Waals surface area contributed by atoms with Crippen LogP contribution in [0.1, 0.15) is 91.4 Å². The molecular weight excluding hydrogens is 314 g/mol. The van der Waals surface area contributed by atoms with Crippen molar-refractivity contribution in [3.63, 3.8) is 0 Å². The van der Waals surface area contributed by atoms with Crippen molar-refractivity contribution in [1.29, 1.82) is 0 Å². The highest BCUT2D eigenvalue weighted by Crippen LogP contribution is 2.24. The molecule has 0 aliphatic heterocycles. The van der Waals surface area contributed by atoms with Gasteiger partial charge in [0.1, 0.15) is 0 Å². The fraction of sp³-hybridized carbons (Fsp3) is 1.00. The van der Waals surface area contributed by atoms with Gasteiger partial charge in [-0.05, 0) is 54.3 Å². The number of hydrogen-bond donors (Lipinski definition) is 0. The van der Waals surface area contributed by atoms with E-state index in [1.807, 2.05) is 20.8 Å². The van der Waals surface area contributed by atoms with Crippen LogP contribution in [-0.4, -0.2) is 51.3 Å². The van der Waals surface area contributed by atoms with Crippen LogP contribution in [-0.2, 0) is 14.2 Å². The summed E-state index contributed by atoms with van der Waals surface area (Å²) in [6.45, 7) is 9.07. The Kier molecular flexibility index (Phi) is 17.2. The molecule has 0 rings (SSSR count). The zero-order valence-electron chi connectivity index (χ0n) is 17.8. The first-order chi connectivity index (χ1) is 12.1. The highest BCUT2D eigenvalue weighted by atomic mass is 16.9. The van der Waals surface area contributed by atoms with E-state index in [4.69, 9.17) is 14.2 Å². The minimum absolute atomic E-state index is 0.620. The minimum Gasteiger partial charge on any atom is -0.328 e. The smallest absolute Gasteiger partial charge is 0.282 e. The Balaban J connectivity index is 3.59. The highest BCUT2D eigenvalue weighted by Gasteiger charge is 2.31. The van der Waals surface area contributed by atoms with E-state index in [1.165, 1.54) is 64.3 Å². The van der Waals surface area contributed by atoms with E-state index >= 15 is 0 Å². The Hall–Kier alpha value is -0.160. The van der Waals surface area contributed by atoms with Crippen molar-refractivity contribution in [3.05, 3.63) is 0 Å². The van der Waals surface area contributed by atoms with E-state index < -0.39 is 5.97 Å². The van der Waals surface area contributed by atoms with Gasteiger partial charge in [0.05, 0.1) is 0 Å². The largest absolute Gasteiger partial charge is 0.328 e. The molecule has 0 aromatic heterocycles. The molecule has 0 aromatic rings. The zero-order valence-corrected chi connectivity index (χ0v) is 17.8. The number of hydrogen-bond acceptors (Lipinski definition) is 4. The van der Waals surface area contributed by atoms with E-state index in [0.29, 0.717) is 19.8 Å². The van der Waals surface area contributed by atoms with Crippen LogP contribution in [0.3, 0.4) is 0 Å². The lowest BCUT2D eigenvalue weighted by Crippen LogP contribution is -2.39. The van der Waals surface area contributed by atoms with Crippen LogP contribution < -0.4 is 0 Å². The van der Waals surface area contributed by atoms with Crippen LogP contribution in [0.4, 0.5) is 0 Å². The number of nitrogens with zero attached hydrogens (tertiary/aromatic N) is 1. The van der Waals surface area contributed by atoms with Gasteiger partial charge in [-0.25, -0.2) is 0 Å². The third-order valence-corrected chi connectivity index (χ3v) is 4.43. The lowest BCUT2D eigenvalue weighted by molar-refractivity contribution is -0.380. The summed E-state index contributed by atoms with van der Waals surface area (Å²) in [5, 5.41) is 0. The van der Waals surface area contributed by atoms with Crippen molar-refractivity contribution < 1.29 is 14.2 Å². The van der Waals surface area contributed by atoms with Gasteiger partial charge in [-0.2, -0.15) is 0 Å². The van der Waals surface area contributed by atoms with Crippen molar-refractivity contribution in [2.24, 2.45) is 0 Å². The standard InChI is InChI=1S/C21H45NO3/c1-6-23-21(24-7-2,25-8-3)19-17-15-13-11-9-10-12-14-16-18-20-22(4)5/h6-20H2,1-5H3. The second-order valence-corrected chi connectivity index (χ2v) is 7.07. The summed E-state index contributed by atoms with van der Waals surface area (Å²) in [6, 6.07) is 0. The first-order valence-corrected chi connectivity index (χ1v) is 10.7. The Morgan fingerprint density at radius 1 is 0.560 bits per heavy atom. The third-order valence-electron chi connectivity index (χ3n) is 4.43. The average Bonchev–Trinajstić information content (AvgIpc) is 2.56. The van der Waals surface area contributed by atoms with Gasteiger partial charge >= 0.3 is 0 Å². The van der Waals surface area contributed by atoms with E-state index in [0.717, 1.165) is 12.8 Å². The second kappa shape index (κ2) is 17.3. The quantitative estimate of drug-likeness (QED) is 0.222. The number of unbranched alkanes of at least 4 members (excludes halogenated alkanes) is 9. The summed E-state index contributed by atoms with van der Waals surface area (Å²) in [5.74, 6) is -0.815. The molecule has 0 heterocycles. The number of ether oxygens (including phenoxy) is 3. The van der Waals surface area contributed by atoms with Gasteiger partial charge in [-0.15, -0.1) is 0 Å². The highest BCUT2D eigenvalue weighted by molar-refractivity contribution is 4.59. The molecule has 0 bridgehead atoms. The van der Waals surface area contributed by atoms with Crippen LogP contribution in [0, 0.1) is 0 Å². The van der Waals surface area contributed by atoms with Crippen molar-refractivity contribution >= 4 is 0 Å².